The van der Waals surface area contributed by atoms with E-state index in [0.29, 0.717) is 21.5 Å². The Labute approximate surface area is 162 Å². The van der Waals surface area contributed by atoms with E-state index in [4.69, 9.17) is 0 Å². The van der Waals surface area contributed by atoms with Gasteiger partial charge in [0.05, 0.1) is 5.56 Å². The second-order valence-electron chi connectivity index (χ2n) is 7.35. The molecule has 0 radical (unpaired) electrons. The summed E-state index contributed by atoms with van der Waals surface area (Å²) in [4.78, 5) is 25.0. The predicted octanol–water partition coefficient (Wildman–Crippen LogP) is 4.52. The first-order valence-electron chi connectivity index (χ1n) is 8.60. The molecule has 0 unspecified atom stereocenters. The Kier molecular flexibility index (Phi) is 4.93. The molecular weight excluding hydrogens is 360 g/mol. The number of carbonyl (C=O) groups is 2. The minimum absolute atomic E-state index is 0.00880. The molecule has 0 spiro atoms. The van der Waals surface area contributed by atoms with Crippen molar-refractivity contribution in [2.24, 2.45) is 0 Å². The van der Waals surface area contributed by atoms with Crippen LogP contribution in [0.25, 0.3) is 10.1 Å². The largest absolute Gasteiger partial charge is 0.508 e. The fourth-order valence-electron chi connectivity index (χ4n) is 2.82. The predicted molar refractivity (Wildman–Crippen MR) is 110 cm³/mol. The summed E-state index contributed by atoms with van der Waals surface area (Å²) in [7, 11) is 1.54. The Hall–Kier alpha value is -2.86. The van der Waals surface area contributed by atoms with E-state index in [1.165, 1.54) is 17.4 Å². The first-order chi connectivity index (χ1) is 12.7. The summed E-state index contributed by atoms with van der Waals surface area (Å²) in [5.41, 5.74) is 2.07. The average Bonchev–Trinajstić information content (AvgIpc) is 2.97. The van der Waals surface area contributed by atoms with E-state index < -0.39 is 0 Å². The van der Waals surface area contributed by atoms with Crippen LogP contribution in [0.5, 0.6) is 5.75 Å². The second kappa shape index (κ2) is 7.04. The highest BCUT2D eigenvalue weighted by Gasteiger charge is 2.21. The van der Waals surface area contributed by atoms with E-state index in [1.807, 2.05) is 12.1 Å². The van der Waals surface area contributed by atoms with Crippen molar-refractivity contribution < 1.29 is 14.7 Å². The molecule has 3 aromatic rings. The fourth-order valence-corrected chi connectivity index (χ4v) is 3.95. The Bertz CT molecular complexity index is 1010. The molecule has 2 amide bonds. The molecule has 0 saturated heterocycles. The summed E-state index contributed by atoms with van der Waals surface area (Å²) in [5.74, 6) is -0.454. The van der Waals surface area contributed by atoms with Gasteiger partial charge in [0.2, 0.25) is 0 Å². The zero-order chi connectivity index (χ0) is 19.8. The SMILES string of the molecule is CNC(=O)c1c(NC(=O)c2ccc(C(C)(C)C)cc2)sc2cc(O)ccc12. The number of hydrogen-bond donors (Lipinski definition) is 3. The van der Waals surface area contributed by atoms with Crippen LogP contribution in [0, 0.1) is 0 Å². The number of fused-ring (bicyclic) bond motifs is 1. The number of hydrogen-bond acceptors (Lipinski definition) is 4. The van der Waals surface area contributed by atoms with Crippen molar-refractivity contribution in [2.75, 3.05) is 12.4 Å². The Morgan fingerprint density at radius 3 is 2.26 bits per heavy atom. The number of phenolic OH excluding ortho intramolecular Hbond substituents is 1. The van der Waals surface area contributed by atoms with Crippen LogP contribution in [-0.2, 0) is 5.41 Å². The van der Waals surface area contributed by atoms with E-state index in [9.17, 15) is 14.7 Å². The topological polar surface area (TPSA) is 78.4 Å². The zero-order valence-electron chi connectivity index (χ0n) is 15.7. The van der Waals surface area contributed by atoms with E-state index in [1.54, 1.807) is 31.3 Å². The van der Waals surface area contributed by atoms with E-state index in [2.05, 4.69) is 31.4 Å². The second-order valence-corrected chi connectivity index (χ2v) is 8.40. The number of phenols is 1. The molecule has 3 rings (SSSR count). The van der Waals surface area contributed by atoms with Gasteiger partial charge in [-0.2, -0.15) is 0 Å². The fraction of sp³-hybridized carbons (Fsp3) is 0.238. The lowest BCUT2D eigenvalue weighted by atomic mass is 9.87. The first-order valence-corrected chi connectivity index (χ1v) is 9.42. The maximum absolute atomic E-state index is 12.7. The van der Waals surface area contributed by atoms with Crippen LogP contribution >= 0.6 is 11.3 Å². The molecule has 3 N–H and O–H groups in total. The average molecular weight is 382 g/mol. The lowest BCUT2D eigenvalue weighted by Gasteiger charge is -2.19. The molecule has 27 heavy (non-hydrogen) atoms. The van der Waals surface area contributed by atoms with Crippen LogP contribution < -0.4 is 10.6 Å². The standard InChI is InChI=1S/C21H22N2O3S/c1-21(2,3)13-7-5-12(6-8-13)18(25)23-20-17(19(26)22-4)15-10-9-14(24)11-16(15)27-20/h5-11,24H,1-4H3,(H,22,26)(H,23,25). The molecule has 5 nitrogen and oxygen atoms in total. The minimum atomic E-state index is -0.287. The van der Waals surface area contributed by atoms with Crippen molar-refractivity contribution in [2.45, 2.75) is 26.2 Å². The van der Waals surface area contributed by atoms with E-state index in [0.717, 1.165) is 10.3 Å². The summed E-state index contributed by atoms with van der Waals surface area (Å²) >= 11 is 1.26. The van der Waals surface area contributed by atoms with Crippen LogP contribution in [0.2, 0.25) is 0 Å². The Morgan fingerprint density at radius 1 is 1.00 bits per heavy atom. The van der Waals surface area contributed by atoms with Gasteiger partial charge >= 0.3 is 0 Å². The number of benzene rings is 2. The quantitative estimate of drug-likeness (QED) is 0.623. The Balaban J connectivity index is 1.96. The van der Waals surface area contributed by atoms with Crippen molar-refractivity contribution in [3.05, 3.63) is 59.2 Å². The van der Waals surface area contributed by atoms with Crippen LogP contribution in [0.3, 0.4) is 0 Å². The third-order valence-electron chi connectivity index (χ3n) is 4.37. The highest BCUT2D eigenvalue weighted by atomic mass is 32.1. The van der Waals surface area contributed by atoms with Gasteiger partial charge in [0.15, 0.2) is 0 Å². The molecule has 0 aliphatic carbocycles. The third kappa shape index (κ3) is 3.80. The number of rotatable bonds is 3. The monoisotopic (exact) mass is 382 g/mol. The smallest absolute Gasteiger partial charge is 0.256 e. The molecule has 0 fully saturated rings. The lowest BCUT2D eigenvalue weighted by molar-refractivity contribution is 0.0966. The molecule has 0 bridgehead atoms. The van der Waals surface area contributed by atoms with E-state index in [-0.39, 0.29) is 23.0 Å². The number of thiophene rings is 1. The first kappa shape index (κ1) is 18.9. The molecule has 0 aliphatic rings. The van der Waals surface area contributed by atoms with Gasteiger partial charge in [-0.1, -0.05) is 32.9 Å². The highest BCUT2D eigenvalue weighted by Crippen LogP contribution is 2.37. The summed E-state index contributed by atoms with van der Waals surface area (Å²) < 4.78 is 0.729. The van der Waals surface area contributed by atoms with Crippen LogP contribution in [0.15, 0.2) is 42.5 Å². The number of nitrogens with one attached hydrogen (secondary N) is 2. The van der Waals surface area contributed by atoms with E-state index >= 15 is 0 Å². The minimum Gasteiger partial charge on any atom is -0.508 e. The van der Waals surface area contributed by atoms with Crippen molar-refractivity contribution in [1.29, 1.82) is 0 Å². The zero-order valence-corrected chi connectivity index (χ0v) is 16.5. The molecule has 1 aromatic heterocycles. The molecule has 1 heterocycles. The number of aromatic hydroxyl groups is 1. The van der Waals surface area contributed by atoms with Gasteiger partial charge in [0.25, 0.3) is 11.8 Å². The molecule has 0 atom stereocenters. The summed E-state index contributed by atoms with van der Waals surface area (Å²) in [6.07, 6.45) is 0. The lowest BCUT2D eigenvalue weighted by Crippen LogP contribution is -2.20. The van der Waals surface area contributed by atoms with Crippen LogP contribution in [-0.4, -0.2) is 24.0 Å². The van der Waals surface area contributed by atoms with Gasteiger partial charge in [0.1, 0.15) is 10.8 Å². The van der Waals surface area contributed by atoms with Gasteiger partial charge < -0.3 is 15.7 Å². The van der Waals surface area contributed by atoms with Gasteiger partial charge in [-0.25, -0.2) is 0 Å². The summed E-state index contributed by atoms with van der Waals surface area (Å²) in [5, 5.41) is 16.3. The molecular formula is C21H22N2O3S. The Morgan fingerprint density at radius 2 is 1.67 bits per heavy atom. The summed E-state index contributed by atoms with van der Waals surface area (Å²) in [6, 6.07) is 12.2. The van der Waals surface area contributed by atoms with Gasteiger partial charge in [-0.3, -0.25) is 9.59 Å². The molecule has 6 heteroatoms. The molecule has 2 aromatic carbocycles. The number of anilines is 1. The molecule has 0 aliphatic heterocycles. The third-order valence-corrected chi connectivity index (χ3v) is 5.44. The van der Waals surface area contributed by atoms with Crippen molar-refractivity contribution in [1.82, 2.24) is 5.32 Å². The maximum Gasteiger partial charge on any atom is 0.256 e. The molecule has 0 saturated carbocycles. The van der Waals surface area contributed by atoms with Crippen LogP contribution in [0.4, 0.5) is 5.00 Å². The van der Waals surface area contributed by atoms with Crippen LogP contribution in [0.1, 0.15) is 47.1 Å². The highest BCUT2D eigenvalue weighted by molar-refractivity contribution is 7.23. The summed E-state index contributed by atoms with van der Waals surface area (Å²) in [6.45, 7) is 6.35. The van der Waals surface area contributed by atoms with Crippen molar-refractivity contribution in [3.63, 3.8) is 0 Å². The maximum atomic E-state index is 12.7. The number of amides is 2. The van der Waals surface area contributed by atoms with Gasteiger partial charge in [0, 0.05) is 22.7 Å². The van der Waals surface area contributed by atoms with Gasteiger partial charge in [-0.15, -0.1) is 11.3 Å². The normalized spacial score (nSPS) is 11.4. The molecule has 140 valence electrons. The van der Waals surface area contributed by atoms with Crippen molar-refractivity contribution >= 4 is 38.2 Å². The van der Waals surface area contributed by atoms with Crippen molar-refractivity contribution in [3.8, 4) is 5.75 Å². The number of carbonyl (C=O) groups excluding carboxylic acids is 2. The van der Waals surface area contributed by atoms with Gasteiger partial charge in [-0.05, 0) is 41.3 Å².